The summed E-state index contributed by atoms with van der Waals surface area (Å²) in [5, 5.41) is 0. The fraction of sp³-hybridized carbons (Fsp3) is 0.556. The lowest BCUT2D eigenvalue weighted by Gasteiger charge is -2.22. The topological polar surface area (TPSA) is 40.6 Å². The first kappa shape index (κ1) is 16.5. The molecule has 0 atom stereocenters. The molecule has 1 aliphatic rings. The molecule has 120 valence electrons. The van der Waals surface area contributed by atoms with Crippen LogP contribution < -0.4 is 0 Å². The number of hydrogen-bond acceptors (Lipinski definition) is 2. The Bertz CT molecular complexity index is 510. The van der Waals surface area contributed by atoms with Crippen LogP contribution in [-0.2, 0) is 4.79 Å². The van der Waals surface area contributed by atoms with Crippen LogP contribution in [0.4, 0.5) is 0 Å². The third kappa shape index (κ3) is 4.33. The zero-order valence-electron chi connectivity index (χ0n) is 13.7. The molecular weight excluding hydrogens is 276 g/mol. The summed E-state index contributed by atoms with van der Waals surface area (Å²) in [6.45, 7) is 6.88. The summed E-state index contributed by atoms with van der Waals surface area (Å²) in [6.07, 6.45) is 3.47. The van der Waals surface area contributed by atoms with E-state index in [1.54, 1.807) is 0 Å². The van der Waals surface area contributed by atoms with E-state index in [9.17, 15) is 9.59 Å². The monoisotopic (exact) mass is 302 g/mol. The molecule has 0 spiro atoms. The molecule has 1 aromatic rings. The van der Waals surface area contributed by atoms with Gasteiger partial charge in [0.2, 0.25) is 5.91 Å². The fourth-order valence-corrected chi connectivity index (χ4v) is 2.73. The maximum atomic E-state index is 12.5. The van der Waals surface area contributed by atoms with Gasteiger partial charge in [0.15, 0.2) is 0 Å². The summed E-state index contributed by atoms with van der Waals surface area (Å²) in [4.78, 5) is 28.4. The van der Waals surface area contributed by atoms with Crippen LogP contribution in [-0.4, -0.2) is 47.8 Å². The van der Waals surface area contributed by atoms with E-state index in [0.29, 0.717) is 19.5 Å². The fourth-order valence-electron chi connectivity index (χ4n) is 2.73. The van der Waals surface area contributed by atoms with E-state index < -0.39 is 0 Å². The number of carbonyl (C=O) groups is 2. The van der Waals surface area contributed by atoms with Gasteiger partial charge < -0.3 is 9.80 Å². The Morgan fingerprint density at radius 1 is 1.00 bits per heavy atom. The normalized spacial score (nSPS) is 15.5. The van der Waals surface area contributed by atoms with Crippen LogP contribution in [0.1, 0.15) is 48.5 Å². The molecule has 22 heavy (non-hydrogen) atoms. The van der Waals surface area contributed by atoms with Crippen LogP contribution in [0.2, 0.25) is 0 Å². The number of unbranched alkanes of at least 4 members (excludes halogenated alkanes) is 1. The van der Waals surface area contributed by atoms with Crippen molar-refractivity contribution >= 4 is 11.8 Å². The van der Waals surface area contributed by atoms with Crippen LogP contribution in [0, 0.1) is 6.92 Å². The smallest absolute Gasteiger partial charge is 0.253 e. The van der Waals surface area contributed by atoms with Crippen molar-refractivity contribution in [3.05, 3.63) is 35.4 Å². The van der Waals surface area contributed by atoms with Crippen molar-refractivity contribution in [3.8, 4) is 0 Å². The molecule has 0 unspecified atom stereocenters. The minimum atomic E-state index is 0.0721. The van der Waals surface area contributed by atoms with Crippen molar-refractivity contribution in [3.63, 3.8) is 0 Å². The van der Waals surface area contributed by atoms with E-state index >= 15 is 0 Å². The largest absolute Gasteiger partial charge is 0.341 e. The average Bonchev–Trinajstić information content (AvgIpc) is 2.78. The lowest BCUT2D eigenvalue weighted by molar-refractivity contribution is -0.131. The molecule has 0 radical (unpaired) electrons. The maximum Gasteiger partial charge on any atom is 0.253 e. The van der Waals surface area contributed by atoms with Crippen LogP contribution >= 0.6 is 0 Å². The molecule has 0 bridgehead atoms. The number of rotatable bonds is 4. The van der Waals surface area contributed by atoms with Gasteiger partial charge in [-0.1, -0.05) is 31.0 Å². The second-order valence-corrected chi connectivity index (χ2v) is 6.00. The Morgan fingerprint density at radius 3 is 2.32 bits per heavy atom. The van der Waals surface area contributed by atoms with E-state index in [-0.39, 0.29) is 11.8 Å². The molecule has 0 N–H and O–H groups in total. The first-order valence-corrected chi connectivity index (χ1v) is 8.25. The number of benzene rings is 1. The number of aryl methyl sites for hydroxylation is 1. The van der Waals surface area contributed by atoms with Crippen molar-refractivity contribution < 1.29 is 9.59 Å². The Labute approximate surface area is 133 Å². The molecule has 4 heteroatoms. The molecule has 1 aliphatic heterocycles. The number of amides is 2. The summed E-state index contributed by atoms with van der Waals surface area (Å²) in [5.41, 5.74) is 1.89. The summed E-state index contributed by atoms with van der Waals surface area (Å²) in [7, 11) is 0. The van der Waals surface area contributed by atoms with Crippen LogP contribution in [0.15, 0.2) is 24.3 Å². The lowest BCUT2D eigenvalue weighted by Crippen LogP contribution is -2.37. The highest BCUT2D eigenvalue weighted by Crippen LogP contribution is 2.12. The Morgan fingerprint density at radius 2 is 1.64 bits per heavy atom. The van der Waals surface area contributed by atoms with Crippen LogP contribution in [0.25, 0.3) is 0 Å². The first-order chi connectivity index (χ1) is 10.6. The zero-order valence-corrected chi connectivity index (χ0v) is 13.7. The van der Waals surface area contributed by atoms with E-state index in [4.69, 9.17) is 0 Å². The second-order valence-electron chi connectivity index (χ2n) is 6.00. The summed E-state index contributed by atoms with van der Waals surface area (Å²) >= 11 is 0. The van der Waals surface area contributed by atoms with Crippen LogP contribution in [0.5, 0.6) is 0 Å². The molecule has 2 rings (SSSR count). The predicted octanol–water partition coefficient (Wildman–Crippen LogP) is 2.86. The molecule has 4 nitrogen and oxygen atoms in total. The lowest BCUT2D eigenvalue weighted by atomic mass is 10.1. The third-order valence-corrected chi connectivity index (χ3v) is 4.18. The highest BCUT2D eigenvalue weighted by Gasteiger charge is 2.22. The summed E-state index contributed by atoms with van der Waals surface area (Å²) in [5.74, 6) is 0.300. The highest BCUT2D eigenvalue weighted by atomic mass is 16.2. The van der Waals surface area contributed by atoms with Gasteiger partial charge in [-0.05, 0) is 31.9 Å². The standard InChI is InChI=1S/C18H26N2O2/c1-3-4-6-17(21)19-11-5-12-20(14-13-19)18(22)16-9-7-15(2)8-10-16/h7-10H,3-6,11-14H2,1-2H3. The van der Waals surface area contributed by atoms with Gasteiger partial charge in [0, 0.05) is 38.2 Å². The van der Waals surface area contributed by atoms with Crippen molar-refractivity contribution in [2.75, 3.05) is 26.2 Å². The van der Waals surface area contributed by atoms with E-state index in [1.165, 1.54) is 0 Å². The Kier molecular flexibility index (Phi) is 5.99. The van der Waals surface area contributed by atoms with E-state index in [2.05, 4.69) is 6.92 Å². The minimum absolute atomic E-state index is 0.0721. The van der Waals surface area contributed by atoms with Crippen molar-refractivity contribution in [2.45, 2.75) is 39.5 Å². The highest BCUT2D eigenvalue weighted by molar-refractivity contribution is 5.94. The third-order valence-electron chi connectivity index (χ3n) is 4.18. The number of carbonyl (C=O) groups excluding carboxylic acids is 2. The Balaban J connectivity index is 1.93. The molecule has 1 fully saturated rings. The van der Waals surface area contributed by atoms with Crippen molar-refractivity contribution in [1.82, 2.24) is 9.80 Å². The van der Waals surface area contributed by atoms with Gasteiger partial charge in [-0.25, -0.2) is 0 Å². The first-order valence-electron chi connectivity index (χ1n) is 8.25. The minimum Gasteiger partial charge on any atom is -0.341 e. The van der Waals surface area contributed by atoms with Gasteiger partial charge in [0.25, 0.3) is 5.91 Å². The molecular formula is C18H26N2O2. The number of hydrogen-bond donors (Lipinski definition) is 0. The van der Waals surface area contributed by atoms with Crippen molar-refractivity contribution in [1.29, 1.82) is 0 Å². The quantitative estimate of drug-likeness (QED) is 0.858. The maximum absolute atomic E-state index is 12.5. The molecule has 2 amide bonds. The van der Waals surface area contributed by atoms with Gasteiger partial charge in [-0.2, -0.15) is 0 Å². The summed E-state index contributed by atoms with van der Waals surface area (Å²) < 4.78 is 0. The van der Waals surface area contributed by atoms with E-state index in [0.717, 1.165) is 43.5 Å². The Hall–Kier alpha value is -1.84. The van der Waals surface area contributed by atoms with Crippen molar-refractivity contribution in [2.24, 2.45) is 0 Å². The van der Waals surface area contributed by atoms with E-state index in [1.807, 2.05) is 41.0 Å². The van der Waals surface area contributed by atoms with Crippen LogP contribution in [0.3, 0.4) is 0 Å². The van der Waals surface area contributed by atoms with Gasteiger partial charge in [-0.3, -0.25) is 9.59 Å². The van der Waals surface area contributed by atoms with Gasteiger partial charge >= 0.3 is 0 Å². The van der Waals surface area contributed by atoms with Gasteiger partial charge in [0.05, 0.1) is 0 Å². The molecule has 0 aliphatic carbocycles. The molecule has 0 saturated carbocycles. The predicted molar refractivity (Wildman–Crippen MR) is 87.8 cm³/mol. The molecule has 1 heterocycles. The molecule has 1 saturated heterocycles. The van der Waals surface area contributed by atoms with Gasteiger partial charge in [-0.15, -0.1) is 0 Å². The summed E-state index contributed by atoms with van der Waals surface area (Å²) in [6, 6.07) is 7.69. The SMILES string of the molecule is CCCCC(=O)N1CCCN(C(=O)c2ccc(C)cc2)CC1. The zero-order chi connectivity index (χ0) is 15.9. The average molecular weight is 302 g/mol. The molecule has 0 aromatic heterocycles. The molecule has 1 aromatic carbocycles. The number of nitrogens with zero attached hydrogens (tertiary/aromatic N) is 2. The second kappa shape index (κ2) is 7.97. The van der Waals surface area contributed by atoms with Gasteiger partial charge in [0.1, 0.15) is 0 Å².